The van der Waals surface area contributed by atoms with Gasteiger partial charge in [-0.05, 0) is 12.1 Å². The number of alkyl halides is 1. The quantitative estimate of drug-likeness (QED) is 0.625. The van der Waals surface area contributed by atoms with Crippen molar-refractivity contribution in [2.24, 2.45) is 0 Å². The predicted molar refractivity (Wildman–Crippen MR) is 59.1 cm³/mol. The first-order chi connectivity index (χ1) is 8.02. The van der Waals surface area contributed by atoms with Crippen LogP contribution in [0.15, 0.2) is 12.1 Å². The molecule has 0 spiro atoms. The number of nitrogen functional groups attached to an aromatic ring is 1. The van der Waals surface area contributed by atoms with Crippen LogP contribution in [0, 0.1) is 5.82 Å². The van der Waals surface area contributed by atoms with Crippen LogP contribution in [0.2, 0.25) is 0 Å². The standard InChI is InChI=1S/C11H12F2N2O2/c1-17-11(16)5-2-7(13)10(8(14)3-5)15-9-4-6(9)12/h2-3,6,9,15H,4,14H2,1H3/t6-,9+/m0/s1. The largest absolute Gasteiger partial charge is 0.465 e. The van der Waals surface area contributed by atoms with E-state index in [1.807, 2.05) is 0 Å². The molecule has 17 heavy (non-hydrogen) atoms. The molecule has 0 aromatic heterocycles. The van der Waals surface area contributed by atoms with Crippen molar-refractivity contribution in [3.8, 4) is 0 Å². The van der Waals surface area contributed by atoms with Crippen molar-refractivity contribution >= 4 is 17.3 Å². The number of nitrogens with two attached hydrogens (primary N) is 1. The number of halogens is 2. The molecule has 0 unspecified atom stereocenters. The van der Waals surface area contributed by atoms with Crippen LogP contribution >= 0.6 is 0 Å². The fourth-order valence-electron chi connectivity index (χ4n) is 1.51. The van der Waals surface area contributed by atoms with Crippen LogP contribution < -0.4 is 11.1 Å². The third-order valence-corrected chi connectivity index (χ3v) is 2.58. The van der Waals surface area contributed by atoms with E-state index in [2.05, 4.69) is 10.1 Å². The van der Waals surface area contributed by atoms with Gasteiger partial charge in [0.05, 0.1) is 30.1 Å². The first-order valence-corrected chi connectivity index (χ1v) is 5.11. The number of nitrogens with one attached hydrogen (secondary N) is 1. The van der Waals surface area contributed by atoms with Gasteiger partial charge in [-0.3, -0.25) is 0 Å². The van der Waals surface area contributed by atoms with Crippen molar-refractivity contribution in [2.45, 2.75) is 18.6 Å². The lowest BCUT2D eigenvalue weighted by Gasteiger charge is -2.10. The highest BCUT2D eigenvalue weighted by atomic mass is 19.1. The number of hydrogen-bond donors (Lipinski definition) is 2. The minimum atomic E-state index is -0.964. The molecule has 2 rings (SSSR count). The lowest BCUT2D eigenvalue weighted by Crippen LogP contribution is -2.11. The van der Waals surface area contributed by atoms with Gasteiger partial charge in [-0.15, -0.1) is 0 Å². The van der Waals surface area contributed by atoms with Gasteiger partial charge in [-0.2, -0.15) is 0 Å². The molecular weight excluding hydrogens is 230 g/mol. The number of anilines is 2. The van der Waals surface area contributed by atoms with Gasteiger partial charge in [-0.25, -0.2) is 13.6 Å². The summed E-state index contributed by atoms with van der Waals surface area (Å²) in [4.78, 5) is 11.2. The molecule has 1 aromatic rings. The maximum Gasteiger partial charge on any atom is 0.338 e. The Bertz CT molecular complexity index is 442. The van der Waals surface area contributed by atoms with Gasteiger partial charge < -0.3 is 15.8 Å². The molecule has 1 saturated carbocycles. The highest BCUT2D eigenvalue weighted by molar-refractivity contribution is 5.92. The smallest absolute Gasteiger partial charge is 0.338 e. The van der Waals surface area contributed by atoms with Crippen molar-refractivity contribution < 1.29 is 18.3 Å². The summed E-state index contributed by atoms with van der Waals surface area (Å²) in [6, 6.07) is 1.92. The first kappa shape index (κ1) is 11.6. The molecule has 3 N–H and O–H groups in total. The van der Waals surface area contributed by atoms with Gasteiger partial charge in [0.1, 0.15) is 12.0 Å². The lowest BCUT2D eigenvalue weighted by molar-refractivity contribution is 0.0600. The van der Waals surface area contributed by atoms with Crippen LogP contribution in [-0.4, -0.2) is 25.3 Å². The summed E-state index contributed by atoms with van der Waals surface area (Å²) >= 11 is 0. The molecule has 1 fully saturated rings. The summed E-state index contributed by atoms with van der Waals surface area (Å²) in [5.74, 6) is -1.36. The maximum absolute atomic E-state index is 13.7. The number of carbonyl (C=O) groups is 1. The number of carbonyl (C=O) groups excluding carboxylic acids is 1. The highest BCUT2D eigenvalue weighted by Gasteiger charge is 2.38. The number of esters is 1. The third-order valence-electron chi connectivity index (χ3n) is 2.58. The molecular formula is C11H12F2N2O2. The monoisotopic (exact) mass is 242 g/mol. The second-order valence-electron chi connectivity index (χ2n) is 3.92. The van der Waals surface area contributed by atoms with Gasteiger partial charge in [0.25, 0.3) is 0 Å². The molecule has 0 aliphatic heterocycles. The second-order valence-corrected chi connectivity index (χ2v) is 3.92. The zero-order valence-corrected chi connectivity index (χ0v) is 9.17. The summed E-state index contributed by atoms with van der Waals surface area (Å²) in [5, 5.41) is 2.66. The first-order valence-electron chi connectivity index (χ1n) is 5.11. The Labute approximate surface area is 96.7 Å². The maximum atomic E-state index is 13.7. The Morgan fingerprint density at radius 1 is 1.59 bits per heavy atom. The van der Waals surface area contributed by atoms with E-state index in [0.717, 1.165) is 6.07 Å². The van der Waals surface area contributed by atoms with Gasteiger partial charge in [-0.1, -0.05) is 0 Å². The SMILES string of the molecule is COC(=O)c1cc(N)c(N[C@@H]2C[C@@H]2F)c(F)c1. The molecule has 0 bridgehead atoms. The third kappa shape index (κ3) is 2.30. The number of rotatable bonds is 3. The molecule has 0 amide bonds. The average molecular weight is 242 g/mol. The fraction of sp³-hybridized carbons (Fsp3) is 0.364. The van der Waals surface area contributed by atoms with Crippen LogP contribution in [0.3, 0.4) is 0 Å². The molecule has 0 heterocycles. The Kier molecular flexibility index (Phi) is 2.87. The molecule has 0 radical (unpaired) electrons. The Balaban J connectivity index is 2.25. The van der Waals surface area contributed by atoms with E-state index in [1.165, 1.54) is 13.2 Å². The summed E-state index contributed by atoms with van der Waals surface area (Å²) < 4.78 is 30.8. The Morgan fingerprint density at radius 3 is 2.71 bits per heavy atom. The summed E-state index contributed by atoms with van der Waals surface area (Å²) in [6.07, 6.45) is -0.619. The van der Waals surface area contributed by atoms with E-state index in [-0.39, 0.29) is 16.9 Å². The van der Waals surface area contributed by atoms with Crippen molar-refractivity contribution in [3.05, 3.63) is 23.5 Å². The van der Waals surface area contributed by atoms with Crippen LogP contribution in [0.1, 0.15) is 16.8 Å². The zero-order chi connectivity index (χ0) is 12.6. The minimum Gasteiger partial charge on any atom is -0.465 e. The highest BCUT2D eigenvalue weighted by Crippen LogP contribution is 2.33. The van der Waals surface area contributed by atoms with Gasteiger partial charge in [0, 0.05) is 6.42 Å². The van der Waals surface area contributed by atoms with Gasteiger partial charge in [0.15, 0.2) is 0 Å². The topological polar surface area (TPSA) is 64.3 Å². The van der Waals surface area contributed by atoms with Crippen LogP contribution in [0.25, 0.3) is 0 Å². The Hall–Kier alpha value is -1.85. The number of benzene rings is 1. The van der Waals surface area contributed by atoms with Crippen LogP contribution in [0.4, 0.5) is 20.2 Å². The van der Waals surface area contributed by atoms with E-state index in [4.69, 9.17) is 5.73 Å². The predicted octanol–water partition coefficient (Wildman–Crippen LogP) is 1.72. The molecule has 92 valence electrons. The zero-order valence-electron chi connectivity index (χ0n) is 9.17. The van der Waals surface area contributed by atoms with Gasteiger partial charge >= 0.3 is 5.97 Å². The van der Waals surface area contributed by atoms with Crippen LogP contribution in [0.5, 0.6) is 0 Å². The molecule has 4 nitrogen and oxygen atoms in total. The van der Waals surface area contributed by atoms with Crippen molar-refractivity contribution in [3.63, 3.8) is 0 Å². The summed E-state index contributed by atoms with van der Waals surface area (Å²) in [7, 11) is 1.19. The fourth-order valence-corrected chi connectivity index (χ4v) is 1.51. The Morgan fingerprint density at radius 2 is 2.24 bits per heavy atom. The van der Waals surface area contributed by atoms with E-state index in [9.17, 15) is 13.6 Å². The molecule has 1 aliphatic carbocycles. The summed E-state index contributed by atoms with van der Waals surface area (Å²) in [6.45, 7) is 0. The molecule has 1 aromatic carbocycles. The number of methoxy groups -OCH3 is 1. The van der Waals surface area contributed by atoms with E-state index < -0.39 is 24.0 Å². The molecule has 0 saturated heterocycles. The van der Waals surface area contributed by atoms with Crippen molar-refractivity contribution in [1.82, 2.24) is 0 Å². The van der Waals surface area contributed by atoms with Crippen molar-refractivity contribution in [2.75, 3.05) is 18.2 Å². The number of hydrogen-bond acceptors (Lipinski definition) is 4. The van der Waals surface area contributed by atoms with Crippen LogP contribution in [-0.2, 0) is 4.74 Å². The van der Waals surface area contributed by atoms with E-state index >= 15 is 0 Å². The summed E-state index contributed by atoms with van der Waals surface area (Å²) in [5.41, 5.74) is 5.72. The van der Waals surface area contributed by atoms with Gasteiger partial charge in [0.2, 0.25) is 0 Å². The molecule has 2 atom stereocenters. The molecule has 6 heteroatoms. The lowest BCUT2D eigenvalue weighted by atomic mass is 10.1. The number of ether oxygens (including phenoxy) is 1. The molecule has 1 aliphatic rings. The average Bonchev–Trinajstić information content (AvgIpc) is 2.98. The van der Waals surface area contributed by atoms with E-state index in [0.29, 0.717) is 6.42 Å². The second kappa shape index (κ2) is 4.20. The normalized spacial score (nSPS) is 22.1. The van der Waals surface area contributed by atoms with Crippen molar-refractivity contribution in [1.29, 1.82) is 0 Å². The van der Waals surface area contributed by atoms with E-state index in [1.54, 1.807) is 0 Å². The minimum absolute atomic E-state index is 0.0284.